The molecule has 1 aromatic carbocycles. The SMILES string of the molecule is COCc1cc(C(=O)N(C)c2cccc(N)c2)no1. The van der Waals surface area contributed by atoms with Crippen molar-refractivity contribution >= 4 is 17.3 Å². The molecule has 2 N–H and O–H groups in total. The Morgan fingerprint density at radius 3 is 2.95 bits per heavy atom. The van der Waals surface area contributed by atoms with Gasteiger partial charge < -0.3 is 19.9 Å². The normalized spacial score (nSPS) is 10.4. The standard InChI is InChI=1S/C13H15N3O3/c1-16(10-5-3-4-9(14)6-10)13(17)12-7-11(8-18-2)19-15-12/h3-7H,8,14H2,1-2H3. The van der Waals surface area contributed by atoms with Crippen molar-refractivity contribution in [1.29, 1.82) is 0 Å². The van der Waals surface area contributed by atoms with Crippen LogP contribution in [0.15, 0.2) is 34.9 Å². The number of methoxy groups -OCH3 is 1. The van der Waals surface area contributed by atoms with Crippen LogP contribution in [0.5, 0.6) is 0 Å². The fraction of sp³-hybridized carbons (Fsp3) is 0.231. The third-order valence-corrected chi connectivity index (χ3v) is 2.63. The van der Waals surface area contributed by atoms with Gasteiger partial charge in [-0.05, 0) is 18.2 Å². The summed E-state index contributed by atoms with van der Waals surface area (Å²) in [5, 5.41) is 3.73. The van der Waals surface area contributed by atoms with Gasteiger partial charge in [-0.1, -0.05) is 11.2 Å². The van der Waals surface area contributed by atoms with Crippen molar-refractivity contribution in [2.24, 2.45) is 0 Å². The molecule has 100 valence electrons. The molecule has 19 heavy (non-hydrogen) atoms. The molecule has 1 amide bonds. The summed E-state index contributed by atoms with van der Waals surface area (Å²) in [4.78, 5) is 13.7. The fourth-order valence-corrected chi connectivity index (χ4v) is 1.65. The van der Waals surface area contributed by atoms with Crippen molar-refractivity contribution in [3.05, 3.63) is 41.8 Å². The van der Waals surface area contributed by atoms with Gasteiger partial charge in [0.2, 0.25) is 0 Å². The Labute approximate surface area is 110 Å². The predicted molar refractivity (Wildman–Crippen MR) is 70.8 cm³/mol. The molecule has 0 fully saturated rings. The molecule has 6 heteroatoms. The molecule has 1 aromatic heterocycles. The van der Waals surface area contributed by atoms with Gasteiger partial charge in [-0.3, -0.25) is 4.79 Å². The molecule has 0 atom stereocenters. The molecule has 0 aliphatic rings. The van der Waals surface area contributed by atoms with Crippen LogP contribution in [0.2, 0.25) is 0 Å². The number of nitrogens with two attached hydrogens (primary N) is 1. The van der Waals surface area contributed by atoms with Crippen LogP contribution >= 0.6 is 0 Å². The zero-order valence-electron chi connectivity index (χ0n) is 10.8. The van der Waals surface area contributed by atoms with Crippen LogP contribution in [0.1, 0.15) is 16.2 Å². The van der Waals surface area contributed by atoms with Crippen molar-refractivity contribution in [3.8, 4) is 0 Å². The van der Waals surface area contributed by atoms with Crippen LogP contribution in [0.25, 0.3) is 0 Å². The average Bonchev–Trinajstić information content (AvgIpc) is 2.86. The van der Waals surface area contributed by atoms with Crippen LogP contribution in [0, 0.1) is 0 Å². The van der Waals surface area contributed by atoms with Gasteiger partial charge in [-0.2, -0.15) is 0 Å². The number of nitrogen functional groups attached to an aromatic ring is 1. The monoisotopic (exact) mass is 261 g/mol. The van der Waals surface area contributed by atoms with Gasteiger partial charge in [-0.25, -0.2) is 0 Å². The fourth-order valence-electron chi connectivity index (χ4n) is 1.65. The highest BCUT2D eigenvalue weighted by Crippen LogP contribution is 2.18. The maximum absolute atomic E-state index is 12.2. The van der Waals surface area contributed by atoms with Crippen molar-refractivity contribution in [2.45, 2.75) is 6.61 Å². The van der Waals surface area contributed by atoms with Gasteiger partial charge in [0.15, 0.2) is 11.5 Å². The number of carbonyl (C=O) groups is 1. The number of anilines is 2. The van der Waals surface area contributed by atoms with Crippen LogP contribution < -0.4 is 10.6 Å². The summed E-state index contributed by atoms with van der Waals surface area (Å²) in [6.45, 7) is 0.280. The number of carbonyl (C=O) groups excluding carboxylic acids is 1. The van der Waals surface area contributed by atoms with Gasteiger partial charge in [0.05, 0.1) is 0 Å². The Hall–Kier alpha value is -2.34. The highest BCUT2D eigenvalue weighted by atomic mass is 16.5. The summed E-state index contributed by atoms with van der Waals surface area (Å²) in [5.74, 6) is 0.239. The van der Waals surface area contributed by atoms with Crippen molar-refractivity contribution in [3.63, 3.8) is 0 Å². The van der Waals surface area contributed by atoms with Crippen LogP contribution in [-0.4, -0.2) is 25.2 Å². The molecule has 0 radical (unpaired) electrons. The molecule has 0 saturated carbocycles. The van der Waals surface area contributed by atoms with E-state index in [2.05, 4.69) is 5.16 Å². The number of benzene rings is 1. The number of nitrogens with zero attached hydrogens (tertiary/aromatic N) is 2. The molecular formula is C13H15N3O3. The number of ether oxygens (including phenoxy) is 1. The Morgan fingerprint density at radius 2 is 2.26 bits per heavy atom. The number of aromatic nitrogens is 1. The van der Waals surface area contributed by atoms with E-state index in [1.807, 2.05) is 0 Å². The minimum absolute atomic E-state index is 0.233. The van der Waals surface area contributed by atoms with Crippen molar-refractivity contribution in [1.82, 2.24) is 5.16 Å². The molecule has 2 aromatic rings. The topological polar surface area (TPSA) is 81.6 Å². The summed E-state index contributed by atoms with van der Waals surface area (Å²) < 4.78 is 9.90. The molecule has 0 aliphatic carbocycles. The predicted octanol–water partition coefficient (Wildman–Crippen LogP) is 1.68. The van der Waals surface area contributed by atoms with E-state index >= 15 is 0 Å². The van der Waals surface area contributed by atoms with Gasteiger partial charge in [0, 0.05) is 31.6 Å². The summed E-state index contributed by atoms with van der Waals surface area (Å²) in [5.41, 5.74) is 7.21. The van der Waals surface area contributed by atoms with E-state index in [0.29, 0.717) is 17.1 Å². The van der Waals surface area contributed by atoms with E-state index in [9.17, 15) is 4.79 Å². The van der Waals surface area contributed by atoms with Crippen LogP contribution in [0.4, 0.5) is 11.4 Å². The lowest BCUT2D eigenvalue weighted by molar-refractivity contribution is 0.0983. The van der Waals surface area contributed by atoms with Crippen LogP contribution in [0.3, 0.4) is 0 Å². The minimum Gasteiger partial charge on any atom is -0.399 e. The van der Waals surface area contributed by atoms with E-state index < -0.39 is 0 Å². The van der Waals surface area contributed by atoms with Gasteiger partial charge >= 0.3 is 0 Å². The molecule has 0 aliphatic heterocycles. The van der Waals surface area contributed by atoms with E-state index in [-0.39, 0.29) is 18.2 Å². The second-order valence-corrected chi connectivity index (χ2v) is 4.07. The van der Waals surface area contributed by atoms with Crippen molar-refractivity contribution < 1.29 is 14.1 Å². The molecule has 0 saturated heterocycles. The number of hydrogen-bond donors (Lipinski definition) is 1. The molecule has 2 rings (SSSR count). The highest BCUT2D eigenvalue weighted by Gasteiger charge is 2.18. The average molecular weight is 261 g/mol. The summed E-state index contributed by atoms with van der Waals surface area (Å²) in [7, 11) is 3.20. The largest absolute Gasteiger partial charge is 0.399 e. The second kappa shape index (κ2) is 5.53. The summed E-state index contributed by atoms with van der Waals surface area (Å²) >= 11 is 0. The Morgan fingerprint density at radius 1 is 1.47 bits per heavy atom. The van der Waals surface area contributed by atoms with E-state index in [0.717, 1.165) is 0 Å². The molecule has 1 heterocycles. The van der Waals surface area contributed by atoms with E-state index in [1.165, 1.54) is 4.90 Å². The third kappa shape index (κ3) is 2.92. The lowest BCUT2D eigenvalue weighted by atomic mass is 10.2. The smallest absolute Gasteiger partial charge is 0.280 e. The van der Waals surface area contributed by atoms with E-state index in [4.69, 9.17) is 15.0 Å². The maximum Gasteiger partial charge on any atom is 0.280 e. The molecule has 0 bridgehead atoms. The van der Waals surface area contributed by atoms with Gasteiger partial charge in [-0.15, -0.1) is 0 Å². The zero-order valence-corrected chi connectivity index (χ0v) is 10.8. The molecule has 6 nitrogen and oxygen atoms in total. The Kier molecular flexibility index (Phi) is 3.82. The minimum atomic E-state index is -0.267. The summed E-state index contributed by atoms with van der Waals surface area (Å²) in [6, 6.07) is 8.62. The number of amides is 1. The molecular weight excluding hydrogens is 246 g/mol. The van der Waals surface area contributed by atoms with E-state index in [1.54, 1.807) is 44.5 Å². The Balaban J connectivity index is 2.18. The number of rotatable bonds is 4. The third-order valence-electron chi connectivity index (χ3n) is 2.63. The first-order valence-corrected chi connectivity index (χ1v) is 5.70. The maximum atomic E-state index is 12.2. The second-order valence-electron chi connectivity index (χ2n) is 4.07. The lowest BCUT2D eigenvalue weighted by Crippen LogP contribution is -2.26. The zero-order chi connectivity index (χ0) is 13.8. The number of hydrogen-bond acceptors (Lipinski definition) is 5. The first-order chi connectivity index (χ1) is 9.11. The molecule has 0 spiro atoms. The Bertz CT molecular complexity index is 580. The highest BCUT2D eigenvalue weighted by molar-refractivity contribution is 6.04. The van der Waals surface area contributed by atoms with Gasteiger partial charge in [0.25, 0.3) is 5.91 Å². The first-order valence-electron chi connectivity index (χ1n) is 5.70. The quantitative estimate of drug-likeness (QED) is 0.847. The molecule has 0 unspecified atom stereocenters. The van der Waals surface area contributed by atoms with Gasteiger partial charge in [0.1, 0.15) is 6.61 Å². The van der Waals surface area contributed by atoms with Crippen molar-refractivity contribution in [2.75, 3.05) is 24.8 Å². The lowest BCUT2D eigenvalue weighted by Gasteiger charge is -2.15. The summed E-state index contributed by atoms with van der Waals surface area (Å²) in [6.07, 6.45) is 0. The van der Waals surface area contributed by atoms with Crippen LogP contribution in [-0.2, 0) is 11.3 Å². The first kappa shape index (κ1) is 13.1.